The Hall–Kier alpha value is -3.39. The molecule has 2 aliphatic rings. The number of carbonyl (C=O) groups excluding carboxylic acids is 2. The molecule has 2 heterocycles. The number of hydrogen-bond donors (Lipinski definition) is 1. The highest BCUT2D eigenvalue weighted by atomic mass is 32.1. The van der Waals surface area contributed by atoms with Crippen LogP contribution in [-0.4, -0.2) is 30.3 Å². The summed E-state index contributed by atoms with van der Waals surface area (Å²) in [6.07, 6.45) is 1.49. The van der Waals surface area contributed by atoms with E-state index in [-0.39, 0.29) is 17.5 Å². The van der Waals surface area contributed by atoms with E-state index in [0.29, 0.717) is 35.1 Å². The van der Waals surface area contributed by atoms with Crippen molar-refractivity contribution < 1.29 is 23.8 Å². The van der Waals surface area contributed by atoms with E-state index in [2.05, 4.69) is 5.32 Å². The van der Waals surface area contributed by atoms with Crippen molar-refractivity contribution >= 4 is 40.9 Å². The molecule has 2 aliphatic heterocycles. The molecule has 0 aliphatic carbocycles. The lowest BCUT2D eigenvalue weighted by atomic mass is 10.0. The van der Waals surface area contributed by atoms with Crippen molar-refractivity contribution in [1.82, 2.24) is 5.32 Å². The fourth-order valence-electron chi connectivity index (χ4n) is 3.42. The average Bonchev–Trinajstić information content (AvgIpc) is 3.14. The summed E-state index contributed by atoms with van der Waals surface area (Å²) in [5.41, 5.74) is 3.04. The number of fused-ring (bicyclic) bond motifs is 1. The van der Waals surface area contributed by atoms with Gasteiger partial charge >= 0.3 is 0 Å². The van der Waals surface area contributed by atoms with Gasteiger partial charge in [0.05, 0.1) is 12.3 Å². The molecular weight excluding hydrogens is 404 g/mol. The summed E-state index contributed by atoms with van der Waals surface area (Å²) < 4.78 is 16.5. The van der Waals surface area contributed by atoms with Crippen LogP contribution in [0.25, 0.3) is 6.08 Å². The first-order chi connectivity index (χ1) is 14.4. The molecule has 0 radical (unpaired) electrons. The molecule has 2 aromatic rings. The Morgan fingerprint density at radius 3 is 2.60 bits per heavy atom. The van der Waals surface area contributed by atoms with Gasteiger partial charge in [0.1, 0.15) is 11.3 Å². The Morgan fingerprint density at radius 2 is 1.90 bits per heavy atom. The first-order valence-electron chi connectivity index (χ1n) is 9.44. The van der Waals surface area contributed by atoms with E-state index in [1.54, 1.807) is 12.1 Å². The maximum atomic E-state index is 13.3. The minimum absolute atomic E-state index is 0.0461. The largest absolute Gasteiger partial charge is 0.493 e. The molecule has 4 rings (SSSR count). The lowest BCUT2D eigenvalue weighted by Crippen LogP contribution is -2.54. The van der Waals surface area contributed by atoms with Gasteiger partial charge in [-0.2, -0.15) is 0 Å². The van der Waals surface area contributed by atoms with Crippen LogP contribution in [0.3, 0.4) is 0 Å². The lowest BCUT2D eigenvalue weighted by Gasteiger charge is -2.30. The number of rotatable bonds is 4. The van der Waals surface area contributed by atoms with Crippen LogP contribution in [0.1, 0.15) is 23.6 Å². The van der Waals surface area contributed by atoms with Crippen molar-refractivity contribution in [2.24, 2.45) is 0 Å². The number of nitrogens with zero attached hydrogens (tertiary/aromatic N) is 1. The number of amides is 2. The zero-order valence-corrected chi connectivity index (χ0v) is 17.6. The summed E-state index contributed by atoms with van der Waals surface area (Å²) in [5.74, 6) is 0.497. The Kier molecular flexibility index (Phi) is 5.17. The van der Waals surface area contributed by atoms with Crippen molar-refractivity contribution in [3.05, 3.63) is 52.6 Å². The van der Waals surface area contributed by atoms with E-state index in [1.807, 2.05) is 39.0 Å². The van der Waals surface area contributed by atoms with Crippen LogP contribution in [0.4, 0.5) is 5.69 Å². The standard InChI is InChI=1S/C22H20N2O5S/c1-4-27-17-10-19-18(28-11-29-19)9-14(17)8-15-20(25)23-22(30)24(21(15)26)16-6-5-12(2)7-13(16)3/h5-10H,4,11H2,1-3H3,(H,23,25,30)/b15-8-. The highest BCUT2D eigenvalue weighted by Gasteiger charge is 2.35. The molecule has 30 heavy (non-hydrogen) atoms. The van der Waals surface area contributed by atoms with E-state index >= 15 is 0 Å². The number of nitrogens with one attached hydrogen (secondary N) is 1. The van der Waals surface area contributed by atoms with Crippen LogP contribution in [0.15, 0.2) is 35.9 Å². The fraction of sp³-hybridized carbons (Fsp3) is 0.227. The van der Waals surface area contributed by atoms with Crippen molar-refractivity contribution in [1.29, 1.82) is 0 Å². The molecule has 1 N–H and O–H groups in total. The fourth-order valence-corrected chi connectivity index (χ4v) is 3.69. The smallest absolute Gasteiger partial charge is 0.270 e. The monoisotopic (exact) mass is 424 g/mol. The summed E-state index contributed by atoms with van der Waals surface area (Å²) >= 11 is 5.29. The minimum Gasteiger partial charge on any atom is -0.493 e. The SMILES string of the molecule is CCOc1cc2c(cc1/C=C1/C(=O)NC(=S)N(c3ccc(C)cc3C)C1=O)OCO2. The molecule has 154 valence electrons. The van der Waals surface area contributed by atoms with E-state index in [0.717, 1.165) is 11.1 Å². The number of hydrogen-bond acceptors (Lipinski definition) is 6. The number of carbonyl (C=O) groups is 2. The third-order valence-corrected chi connectivity index (χ3v) is 5.08. The topological polar surface area (TPSA) is 77.1 Å². The summed E-state index contributed by atoms with van der Waals surface area (Å²) in [6.45, 7) is 6.22. The normalized spacial score (nSPS) is 16.8. The van der Waals surface area contributed by atoms with Gasteiger partial charge in [0.2, 0.25) is 6.79 Å². The third kappa shape index (κ3) is 3.50. The molecule has 1 saturated heterocycles. The second-order valence-electron chi connectivity index (χ2n) is 6.92. The van der Waals surface area contributed by atoms with Crippen LogP contribution in [-0.2, 0) is 9.59 Å². The van der Waals surface area contributed by atoms with Gasteiger partial charge in [-0.1, -0.05) is 17.7 Å². The minimum atomic E-state index is -0.564. The number of anilines is 1. The zero-order valence-electron chi connectivity index (χ0n) is 16.8. The second-order valence-corrected chi connectivity index (χ2v) is 7.31. The van der Waals surface area contributed by atoms with E-state index in [9.17, 15) is 9.59 Å². The van der Waals surface area contributed by atoms with Gasteiger partial charge in [0, 0.05) is 11.6 Å². The Balaban J connectivity index is 1.78. The van der Waals surface area contributed by atoms with Gasteiger partial charge in [-0.05, 0) is 56.8 Å². The first kappa shape index (κ1) is 19.9. The van der Waals surface area contributed by atoms with Gasteiger partial charge in [0.15, 0.2) is 16.6 Å². The van der Waals surface area contributed by atoms with Crippen molar-refractivity contribution in [2.45, 2.75) is 20.8 Å². The van der Waals surface area contributed by atoms with Gasteiger partial charge < -0.3 is 14.2 Å². The lowest BCUT2D eigenvalue weighted by molar-refractivity contribution is -0.122. The molecule has 0 unspecified atom stereocenters. The number of benzene rings is 2. The van der Waals surface area contributed by atoms with Crippen LogP contribution in [0, 0.1) is 13.8 Å². The Morgan fingerprint density at radius 1 is 1.17 bits per heavy atom. The average molecular weight is 424 g/mol. The third-order valence-electron chi connectivity index (χ3n) is 4.80. The molecule has 8 heteroatoms. The molecular formula is C22H20N2O5S. The maximum absolute atomic E-state index is 13.3. The highest BCUT2D eigenvalue weighted by Crippen LogP contribution is 2.39. The van der Waals surface area contributed by atoms with Gasteiger partial charge in [-0.3, -0.25) is 19.8 Å². The molecule has 0 bridgehead atoms. The van der Waals surface area contributed by atoms with Gasteiger partial charge in [0.25, 0.3) is 11.8 Å². The van der Waals surface area contributed by atoms with Gasteiger partial charge in [-0.25, -0.2) is 0 Å². The summed E-state index contributed by atoms with van der Waals surface area (Å²) in [6, 6.07) is 9.04. The molecule has 2 amide bonds. The summed E-state index contributed by atoms with van der Waals surface area (Å²) in [4.78, 5) is 27.3. The van der Waals surface area contributed by atoms with Crippen LogP contribution < -0.4 is 24.4 Å². The van der Waals surface area contributed by atoms with E-state index in [1.165, 1.54) is 11.0 Å². The van der Waals surface area contributed by atoms with Crippen LogP contribution in [0.5, 0.6) is 17.2 Å². The summed E-state index contributed by atoms with van der Waals surface area (Å²) in [5, 5.41) is 2.65. The van der Waals surface area contributed by atoms with Crippen molar-refractivity contribution in [2.75, 3.05) is 18.3 Å². The Bertz CT molecular complexity index is 1110. The predicted octanol–water partition coefficient (Wildman–Crippen LogP) is 3.26. The van der Waals surface area contributed by atoms with Gasteiger partial charge in [-0.15, -0.1) is 0 Å². The number of aryl methyl sites for hydroxylation is 2. The Labute approximate surface area is 179 Å². The molecule has 0 spiro atoms. The molecule has 0 atom stereocenters. The predicted molar refractivity (Wildman–Crippen MR) is 116 cm³/mol. The van der Waals surface area contributed by atoms with E-state index < -0.39 is 11.8 Å². The molecule has 2 aromatic carbocycles. The quantitative estimate of drug-likeness (QED) is 0.461. The number of thiocarbonyl (C=S) groups is 1. The maximum Gasteiger partial charge on any atom is 0.270 e. The van der Waals surface area contributed by atoms with Crippen molar-refractivity contribution in [3.63, 3.8) is 0 Å². The molecule has 0 saturated carbocycles. The van der Waals surface area contributed by atoms with E-state index in [4.69, 9.17) is 26.4 Å². The zero-order chi connectivity index (χ0) is 21.4. The molecule has 7 nitrogen and oxygen atoms in total. The second kappa shape index (κ2) is 7.79. The highest BCUT2D eigenvalue weighted by molar-refractivity contribution is 7.80. The van der Waals surface area contributed by atoms with Crippen molar-refractivity contribution in [3.8, 4) is 17.2 Å². The number of ether oxygens (including phenoxy) is 3. The first-order valence-corrected chi connectivity index (χ1v) is 9.85. The molecule has 1 fully saturated rings. The summed E-state index contributed by atoms with van der Waals surface area (Å²) in [7, 11) is 0. The van der Waals surface area contributed by atoms with Crippen LogP contribution >= 0.6 is 12.2 Å². The molecule has 0 aromatic heterocycles. The van der Waals surface area contributed by atoms with Crippen LogP contribution in [0.2, 0.25) is 0 Å².